The molecule has 2 heterocycles. The van der Waals surface area contributed by atoms with Gasteiger partial charge in [-0.1, -0.05) is 0 Å². The highest BCUT2D eigenvalue weighted by Gasteiger charge is 2.24. The lowest BCUT2D eigenvalue weighted by Crippen LogP contribution is -2.29. The van der Waals surface area contributed by atoms with E-state index in [1.165, 1.54) is 22.9 Å². The van der Waals surface area contributed by atoms with Crippen molar-refractivity contribution in [2.24, 2.45) is 0 Å². The molecule has 3 nitrogen and oxygen atoms in total. The molecule has 18 heavy (non-hydrogen) atoms. The molecule has 2 aromatic rings. The molecular formula is C14H18N2OS. The van der Waals surface area contributed by atoms with E-state index in [0.717, 1.165) is 18.0 Å². The van der Waals surface area contributed by atoms with E-state index >= 15 is 0 Å². The Labute approximate surface area is 111 Å². The molecule has 0 spiro atoms. The molecule has 2 aromatic heterocycles. The van der Waals surface area contributed by atoms with Crippen LogP contribution in [0.2, 0.25) is 0 Å². The molecule has 4 heteroatoms. The van der Waals surface area contributed by atoms with Gasteiger partial charge in [0.05, 0.1) is 9.58 Å². The van der Waals surface area contributed by atoms with Crippen LogP contribution in [0.1, 0.15) is 42.4 Å². The van der Waals surface area contributed by atoms with Crippen molar-refractivity contribution in [1.82, 2.24) is 9.47 Å². The molecule has 1 aliphatic carbocycles. The van der Waals surface area contributed by atoms with Gasteiger partial charge >= 0.3 is 0 Å². The van der Waals surface area contributed by atoms with Crippen molar-refractivity contribution in [3.05, 3.63) is 23.3 Å². The number of hydrogen-bond donors (Lipinski definition) is 0. The maximum Gasteiger partial charge on any atom is 0.263 e. The number of carbonyl (C=O) groups excluding carboxylic acids is 1. The Morgan fingerprint density at radius 1 is 1.39 bits per heavy atom. The van der Waals surface area contributed by atoms with Crippen molar-refractivity contribution < 1.29 is 4.79 Å². The zero-order chi connectivity index (χ0) is 12.7. The number of rotatable bonds is 4. The second-order valence-corrected chi connectivity index (χ2v) is 5.93. The average molecular weight is 262 g/mol. The van der Waals surface area contributed by atoms with Crippen molar-refractivity contribution in [3.8, 4) is 0 Å². The average Bonchev–Trinajstić information content (AvgIpc) is 3.01. The van der Waals surface area contributed by atoms with Gasteiger partial charge in [0.25, 0.3) is 5.91 Å². The molecule has 0 aromatic carbocycles. The van der Waals surface area contributed by atoms with Gasteiger partial charge in [0.2, 0.25) is 0 Å². The molecule has 0 radical (unpaired) electrons. The van der Waals surface area contributed by atoms with Crippen LogP contribution in [0.3, 0.4) is 0 Å². The molecule has 1 saturated carbocycles. The van der Waals surface area contributed by atoms with E-state index in [-0.39, 0.29) is 5.91 Å². The minimum absolute atomic E-state index is 0.166. The summed E-state index contributed by atoms with van der Waals surface area (Å²) in [5, 5.41) is 1.21. The third kappa shape index (κ3) is 1.94. The fourth-order valence-electron chi connectivity index (χ4n) is 2.31. The van der Waals surface area contributed by atoms with Gasteiger partial charge in [0.15, 0.2) is 0 Å². The largest absolute Gasteiger partial charge is 0.349 e. The lowest BCUT2D eigenvalue weighted by atomic mass is 10.3. The van der Waals surface area contributed by atoms with E-state index in [9.17, 15) is 4.79 Å². The molecule has 0 N–H and O–H groups in total. The van der Waals surface area contributed by atoms with Gasteiger partial charge < -0.3 is 9.47 Å². The minimum Gasteiger partial charge on any atom is -0.349 e. The molecular weight excluding hydrogens is 244 g/mol. The number of amides is 1. The van der Waals surface area contributed by atoms with Gasteiger partial charge in [-0.25, -0.2) is 0 Å². The van der Waals surface area contributed by atoms with E-state index in [4.69, 9.17) is 0 Å². The minimum atomic E-state index is 0.166. The van der Waals surface area contributed by atoms with Crippen LogP contribution in [0.25, 0.3) is 10.1 Å². The third-order valence-electron chi connectivity index (χ3n) is 3.58. The van der Waals surface area contributed by atoms with Crippen molar-refractivity contribution in [2.45, 2.75) is 32.7 Å². The Hall–Kier alpha value is -1.29. The highest BCUT2D eigenvalue weighted by molar-refractivity contribution is 7.20. The molecule has 1 aliphatic rings. The summed E-state index contributed by atoms with van der Waals surface area (Å²) in [6.07, 6.45) is 6.97. The summed E-state index contributed by atoms with van der Waals surface area (Å²) >= 11 is 1.62. The summed E-state index contributed by atoms with van der Waals surface area (Å²) in [7, 11) is 0. The van der Waals surface area contributed by atoms with Crippen LogP contribution in [-0.2, 0) is 0 Å². The Morgan fingerprint density at radius 3 is 2.67 bits per heavy atom. The normalized spacial score (nSPS) is 15.2. The molecule has 0 bridgehead atoms. The van der Waals surface area contributed by atoms with Crippen molar-refractivity contribution in [2.75, 3.05) is 13.1 Å². The molecule has 0 unspecified atom stereocenters. The number of nitrogens with zero attached hydrogens (tertiary/aromatic N) is 2. The summed E-state index contributed by atoms with van der Waals surface area (Å²) in [6.45, 7) is 5.60. The Kier molecular flexibility index (Phi) is 2.90. The van der Waals surface area contributed by atoms with E-state index in [0.29, 0.717) is 6.04 Å². The van der Waals surface area contributed by atoms with Crippen LogP contribution in [0.15, 0.2) is 18.5 Å². The van der Waals surface area contributed by atoms with Gasteiger partial charge in [0.1, 0.15) is 0 Å². The molecule has 0 saturated heterocycles. The number of fused-ring (bicyclic) bond motifs is 1. The summed E-state index contributed by atoms with van der Waals surface area (Å²) in [5.74, 6) is 0.166. The lowest BCUT2D eigenvalue weighted by molar-refractivity contribution is 0.0778. The van der Waals surface area contributed by atoms with Crippen LogP contribution < -0.4 is 0 Å². The first-order valence-corrected chi connectivity index (χ1v) is 7.44. The Morgan fingerprint density at radius 2 is 2.11 bits per heavy atom. The topological polar surface area (TPSA) is 25.2 Å². The van der Waals surface area contributed by atoms with Crippen LogP contribution in [0.5, 0.6) is 0 Å². The fourth-order valence-corrected chi connectivity index (χ4v) is 3.35. The summed E-state index contributed by atoms with van der Waals surface area (Å²) < 4.78 is 3.53. The molecule has 1 amide bonds. The highest BCUT2D eigenvalue weighted by atomic mass is 32.1. The first-order valence-electron chi connectivity index (χ1n) is 6.63. The standard InChI is InChI=1S/C14H18N2OS/c1-3-15(4-2)14(17)12-7-10-8-16(11-5-6-11)9-13(10)18-12/h7-9,11H,3-6H2,1-2H3. The Balaban J connectivity index is 1.88. The van der Waals surface area contributed by atoms with E-state index in [1.807, 2.05) is 24.8 Å². The number of thiophene rings is 1. The second-order valence-electron chi connectivity index (χ2n) is 4.84. The second kappa shape index (κ2) is 4.43. The third-order valence-corrected chi connectivity index (χ3v) is 4.65. The predicted molar refractivity (Wildman–Crippen MR) is 75.3 cm³/mol. The van der Waals surface area contributed by atoms with E-state index in [2.05, 4.69) is 17.0 Å². The zero-order valence-corrected chi connectivity index (χ0v) is 11.7. The maximum absolute atomic E-state index is 12.2. The highest BCUT2D eigenvalue weighted by Crippen LogP contribution is 2.38. The van der Waals surface area contributed by atoms with Gasteiger partial charge in [-0.05, 0) is 32.8 Å². The van der Waals surface area contributed by atoms with Crippen LogP contribution in [0, 0.1) is 0 Å². The molecule has 96 valence electrons. The SMILES string of the molecule is CCN(CC)C(=O)c1cc2cn(C3CC3)cc2s1. The molecule has 0 atom stereocenters. The summed E-state index contributed by atoms with van der Waals surface area (Å²) in [6, 6.07) is 2.76. The molecule has 3 rings (SSSR count). The van der Waals surface area contributed by atoms with Gasteiger partial charge in [-0.3, -0.25) is 4.79 Å². The predicted octanol–water partition coefficient (Wildman–Crippen LogP) is 3.52. The number of hydrogen-bond acceptors (Lipinski definition) is 2. The zero-order valence-electron chi connectivity index (χ0n) is 10.8. The van der Waals surface area contributed by atoms with Gasteiger partial charge in [0, 0.05) is 36.9 Å². The van der Waals surface area contributed by atoms with E-state index in [1.54, 1.807) is 11.3 Å². The maximum atomic E-state index is 12.2. The first kappa shape index (κ1) is 11.8. The van der Waals surface area contributed by atoms with Crippen molar-refractivity contribution in [1.29, 1.82) is 0 Å². The van der Waals surface area contributed by atoms with Crippen molar-refractivity contribution in [3.63, 3.8) is 0 Å². The molecule has 1 fully saturated rings. The smallest absolute Gasteiger partial charge is 0.263 e. The van der Waals surface area contributed by atoms with Gasteiger partial charge in [-0.15, -0.1) is 11.3 Å². The van der Waals surface area contributed by atoms with E-state index < -0.39 is 0 Å². The molecule has 0 aliphatic heterocycles. The Bertz CT molecular complexity index is 544. The summed E-state index contributed by atoms with van der Waals surface area (Å²) in [4.78, 5) is 15.0. The summed E-state index contributed by atoms with van der Waals surface area (Å²) in [5.41, 5.74) is 0. The number of aromatic nitrogens is 1. The van der Waals surface area contributed by atoms with Crippen LogP contribution in [0.4, 0.5) is 0 Å². The quantitative estimate of drug-likeness (QED) is 0.827. The first-order chi connectivity index (χ1) is 8.72. The van der Waals surface area contributed by atoms with Gasteiger partial charge in [-0.2, -0.15) is 0 Å². The van der Waals surface area contributed by atoms with Crippen LogP contribution in [-0.4, -0.2) is 28.5 Å². The monoisotopic (exact) mass is 262 g/mol. The lowest BCUT2D eigenvalue weighted by Gasteiger charge is -2.17. The number of carbonyl (C=O) groups is 1. The van der Waals surface area contributed by atoms with Crippen LogP contribution >= 0.6 is 11.3 Å². The fraction of sp³-hybridized carbons (Fsp3) is 0.500. The van der Waals surface area contributed by atoms with Crippen molar-refractivity contribution >= 4 is 27.3 Å².